The Bertz CT molecular complexity index is 616. The number of benzene rings is 2. The minimum absolute atomic E-state index is 0.265. The van der Waals surface area contributed by atoms with E-state index in [0.29, 0.717) is 11.3 Å². The molecule has 3 nitrogen and oxygen atoms in total. The lowest BCUT2D eigenvalue weighted by molar-refractivity contribution is 0.102. The molecule has 0 fully saturated rings. The lowest BCUT2D eigenvalue weighted by Crippen LogP contribution is -2.12. The minimum atomic E-state index is -0.378. The molecule has 0 spiro atoms. The first-order chi connectivity index (χ1) is 9.10. The van der Waals surface area contributed by atoms with Crippen LogP contribution in [0.5, 0.6) is 0 Å². The number of aryl methyl sites for hydroxylation is 1. The third-order valence-corrected chi connectivity index (χ3v) is 3.27. The monoisotopic (exact) mass is 370 g/mol. The summed E-state index contributed by atoms with van der Waals surface area (Å²) >= 11 is 2.02. The van der Waals surface area contributed by atoms with Gasteiger partial charge in [0, 0.05) is 16.9 Å². The molecule has 0 bridgehead atoms. The molecule has 0 aromatic heterocycles. The van der Waals surface area contributed by atoms with E-state index in [0.717, 1.165) is 11.3 Å². The van der Waals surface area contributed by atoms with Gasteiger partial charge in [0.1, 0.15) is 5.82 Å². The molecule has 0 unspecified atom stereocenters. The van der Waals surface area contributed by atoms with Gasteiger partial charge in [-0.2, -0.15) is 0 Å². The van der Waals surface area contributed by atoms with Gasteiger partial charge in [-0.05, 0) is 42.8 Å². The average molecular weight is 370 g/mol. The van der Waals surface area contributed by atoms with Crippen LogP contribution in [0.2, 0.25) is 0 Å². The predicted molar refractivity (Wildman–Crippen MR) is 83.2 cm³/mol. The molecule has 0 saturated heterocycles. The fraction of sp³-hybridized carbons (Fsp3) is 0.0714. The van der Waals surface area contributed by atoms with Crippen molar-refractivity contribution in [3.8, 4) is 0 Å². The van der Waals surface area contributed by atoms with E-state index in [4.69, 9.17) is 0 Å². The molecule has 0 aliphatic rings. The number of rotatable bonds is 3. The Morgan fingerprint density at radius 2 is 2.00 bits per heavy atom. The van der Waals surface area contributed by atoms with Crippen LogP contribution in [0.3, 0.4) is 0 Å². The van der Waals surface area contributed by atoms with Gasteiger partial charge in [0.25, 0.3) is 5.91 Å². The van der Waals surface area contributed by atoms with Gasteiger partial charge in [-0.25, -0.2) is 4.39 Å². The van der Waals surface area contributed by atoms with Crippen LogP contribution >= 0.6 is 22.9 Å². The second-order valence-corrected chi connectivity index (χ2v) is 4.63. The molecule has 19 heavy (non-hydrogen) atoms. The molecule has 1 amide bonds. The van der Waals surface area contributed by atoms with E-state index in [1.807, 2.05) is 35.9 Å². The zero-order valence-corrected chi connectivity index (χ0v) is 12.4. The summed E-state index contributed by atoms with van der Waals surface area (Å²) in [6.45, 7) is 1.95. The quantitative estimate of drug-likeness (QED) is 0.630. The molecule has 0 heterocycles. The molecular formula is C14H12FIN2O. The topological polar surface area (TPSA) is 41.1 Å². The third kappa shape index (κ3) is 3.44. The molecule has 2 aromatic carbocycles. The molecule has 2 rings (SSSR count). The number of hydrogen-bond acceptors (Lipinski definition) is 2. The van der Waals surface area contributed by atoms with Gasteiger partial charge < -0.3 is 8.85 Å². The molecular weight excluding hydrogens is 358 g/mol. The van der Waals surface area contributed by atoms with E-state index in [9.17, 15) is 9.18 Å². The van der Waals surface area contributed by atoms with Crippen LogP contribution in [0.25, 0.3) is 0 Å². The van der Waals surface area contributed by atoms with E-state index < -0.39 is 0 Å². The van der Waals surface area contributed by atoms with E-state index in [1.54, 1.807) is 24.3 Å². The summed E-state index contributed by atoms with van der Waals surface area (Å²) in [4.78, 5) is 12.0. The number of nitrogens with one attached hydrogen (secondary N) is 2. The fourth-order valence-electron chi connectivity index (χ4n) is 1.63. The summed E-state index contributed by atoms with van der Waals surface area (Å²) < 4.78 is 16.0. The standard InChI is InChI=1S/C14H12FIN2O/c1-9-5-6-10(7-13(9)18-16)14(19)17-12-4-2-3-11(15)8-12/h2-8,18H,1H3,(H,17,19). The summed E-state index contributed by atoms with van der Waals surface area (Å²) in [5.41, 5.74) is 2.90. The Kier molecular flexibility index (Phi) is 4.36. The minimum Gasteiger partial charge on any atom is -0.328 e. The van der Waals surface area contributed by atoms with Crippen molar-refractivity contribution in [2.24, 2.45) is 0 Å². The fourth-order valence-corrected chi connectivity index (χ4v) is 2.22. The van der Waals surface area contributed by atoms with E-state index in [-0.39, 0.29) is 11.7 Å². The molecule has 5 heteroatoms. The van der Waals surface area contributed by atoms with E-state index >= 15 is 0 Å². The van der Waals surface area contributed by atoms with Crippen molar-refractivity contribution in [3.63, 3.8) is 0 Å². The summed E-state index contributed by atoms with van der Waals surface area (Å²) in [7, 11) is 0. The van der Waals surface area contributed by atoms with Crippen molar-refractivity contribution in [2.45, 2.75) is 6.92 Å². The Balaban J connectivity index is 2.20. The zero-order valence-electron chi connectivity index (χ0n) is 10.2. The number of halogens is 2. The van der Waals surface area contributed by atoms with E-state index in [1.165, 1.54) is 12.1 Å². The van der Waals surface area contributed by atoms with Crippen LogP contribution in [0.15, 0.2) is 42.5 Å². The van der Waals surface area contributed by atoms with E-state index in [2.05, 4.69) is 8.85 Å². The molecule has 2 aromatic rings. The van der Waals surface area contributed by atoms with Crippen molar-refractivity contribution in [1.29, 1.82) is 0 Å². The number of amides is 1. The molecule has 0 radical (unpaired) electrons. The van der Waals surface area contributed by atoms with Gasteiger partial charge in [-0.1, -0.05) is 12.1 Å². The number of anilines is 2. The van der Waals surface area contributed by atoms with Crippen molar-refractivity contribution in [3.05, 3.63) is 59.4 Å². The van der Waals surface area contributed by atoms with Gasteiger partial charge in [-0.15, -0.1) is 0 Å². The number of hydrogen-bond donors (Lipinski definition) is 2. The number of carbonyl (C=O) groups excluding carboxylic acids is 1. The van der Waals surface area contributed by atoms with Crippen LogP contribution in [-0.4, -0.2) is 5.91 Å². The Morgan fingerprint density at radius 3 is 2.68 bits per heavy atom. The molecule has 0 atom stereocenters. The van der Waals surface area contributed by atoms with Crippen LogP contribution in [0.4, 0.5) is 15.8 Å². The van der Waals surface area contributed by atoms with Crippen molar-refractivity contribution < 1.29 is 9.18 Å². The maximum absolute atomic E-state index is 13.0. The highest BCUT2D eigenvalue weighted by Crippen LogP contribution is 2.19. The van der Waals surface area contributed by atoms with Gasteiger partial charge in [0.15, 0.2) is 0 Å². The first kappa shape index (κ1) is 13.8. The molecule has 2 N–H and O–H groups in total. The van der Waals surface area contributed by atoms with Crippen LogP contribution in [0, 0.1) is 12.7 Å². The zero-order chi connectivity index (χ0) is 13.8. The third-order valence-electron chi connectivity index (χ3n) is 2.68. The molecule has 98 valence electrons. The Morgan fingerprint density at radius 1 is 1.21 bits per heavy atom. The molecule has 0 aliphatic carbocycles. The summed E-state index contributed by atoms with van der Waals surface area (Å²) in [5.74, 6) is -0.644. The van der Waals surface area contributed by atoms with Crippen molar-refractivity contribution in [1.82, 2.24) is 0 Å². The smallest absolute Gasteiger partial charge is 0.255 e. The van der Waals surface area contributed by atoms with Gasteiger partial charge >= 0.3 is 0 Å². The summed E-state index contributed by atoms with van der Waals surface area (Å²) in [5, 5.41) is 2.66. The summed E-state index contributed by atoms with van der Waals surface area (Å²) in [6, 6.07) is 11.2. The van der Waals surface area contributed by atoms with Crippen LogP contribution in [-0.2, 0) is 0 Å². The highest BCUT2D eigenvalue weighted by atomic mass is 127. The average Bonchev–Trinajstić information content (AvgIpc) is 2.39. The van der Waals surface area contributed by atoms with Crippen molar-refractivity contribution >= 4 is 40.1 Å². The van der Waals surface area contributed by atoms with Crippen LogP contribution in [0.1, 0.15) is 15.9 Å². The first-order valence-electron chi connectivity index (χ1n) is 5.64. The predicted octanol–water partition coefficient (Wildman–Crippen LogP) is 4.15. The normalized spacial score (nSPS) is 10.1. The molecule has 0 saturated carbocycles. The molecule has 0 aliphatic heterocycles. The Hall–Kier alpha value is -1.63. The van der Waals surface area contributed by atoms with Gasteiger partial charge in [0.05, 0.1) is 22.9 Å². The van der Waals surface area contributed by atoms with Gasteiger partial charge in [0.2, 0.25) is 0 Å². The highest BCUT2D eigenvalue weighted by molar-refractivity contribution is 14.1. The van der Waals surface area contributed by atoms with Crippen molar-refractivity contribution in [2.75, 3.05) is 8.85 Å². The lowest BCUT2D eigenvalue weighted by atomic mass is 10.1. The maximum atomic E-state index is 13.0. The van der Waals surface area contributed by atoms with Gasteiger partial charge in [-0.3, -0.25) is 4.79 Å². The Labute approximate surface area is 124 Å². The highest BCUT2D eigenvalue weighted by Gasteiger charge is 2.08. The first-order valence-corrected chi connectivity index (χ1v) is 6.72. The SMILES string of the molecule is Cc1ccc(C(=O)Nc2cccc(F)c2)cc1NI. The summed E-state index contributed by atoms with van der Waals surface area (Å²) in [6.07, 6.45) is 0. The second kappa shape index (κ2) is 6.01. The maximum Gasteiger partial charge on any atom is 0.255 e. The number of carbonyl (C=O) groups is 1. The lowest BCUT2D eigenvalue weighted by Gasteiger charge is -2.08. The second-order valence-electron chi connectivity index (χ2n) is 4.09. The van der Waals surface area contributed by atoms with Crippen LogP contribution < -0.4 is 8.85 Å². The largest absolute Gasteiger partial charge is 0.328 e.